The summed E-state index contributed by atoms with van der Waals surface area (Å²) in [6.07, 6.45) is 0. The van der Waals surface area contributed by atoms with Gasteiger partial charge in [-0.15, -0.1) is 22.7 Å². The Balaban J connectivity index is 1.63. The van der Waals surface area contributed by atoms with Crippen LogP contribution in [0.15, 0.2) is 52.7 Å². The van der Waals surface area contributed by atoms with Crippen molar-refractivity contribution >= 4 is 67.7 Å². The van der Waals surface area contributed by atoms with Gasteiger partial charge in [-0.2, -0.15) is 0 Å². The van der Waals surface area contributed by atoms with E-state index in [0.29, 0.717) is 4.88 Å². The van der Waals surface area contributed by atoms with Gasteiger partial charge in [0.15, 0.2) is 0 Å². The second-order valence-electron chi connectivity index (χ2n) is 5.48. The van der Waals surface area contributed by atoms with Crippen molar-refractivity contribution in [1.82, 2.24) is 10.0 Å². The number of benzene rings is 1. The lowest BCUT2D eigenvalue weighted by molar-refractivity contribution is 0.0952. The van der Waals surface area contributed by atoms with E-state index in [0.717, 1.165) is 16.9 Å². The van der Waals surface area contributed by atoms with Crippen LogP contribution in [-0.2, 0) is 16.6 Å². The Morgan fingerprint density at radius 2 is 1.75 bits per heavy atom. The Bertz CT molecular complexity index is 1110. The first-order valence-electron chi connectivity index (χ1n) is 7.69. The van der Waals surface area contributed by atoms with E-state index in [-0.39, 0.29) is 31.6 Å². The van der Waals surface area contributed by atoms with E-state index in [4.69, 9.17) is 23.2 Å². The molecule has 0 fully saturated rings. The molecule has 3 aromatic rings. The van der Waals surface area contributed by atoms with Crippen LogP contribution in [0.25, 0.3) is 0 Å². The SMILES string of the molecule is O=C(NS(=O)(=O)c1cc(Cl)sc1Cl)c1ccc(CNC(=O)c2cccs2)cc1. The Kier molecular flexibility index (Phi) is 6.41. The smallest absolute Gasteiger partial charge is 0.266 e. The molecule has 0 aliphatic rings. The van der Waals surface area contributed by atoms with Gasteiger partial charge in [-0.1, -0.05) is 41.4 Å². The third kappa shape index (κ3) is 4.92. The van der Waals surface area contributed by atoms with Gasteiger partial charge in [0.2, 0.25) is 0 Å². The third-order valence-electron chi connectivity index (χ3n) is 3.56. The highest BCUT2D eigenvalue weighted by atomic mass is 35.5. The molecule has 0 aliphatic carbocycles. The Morgan fingerprint density at radius 3 is 2.32 bits per heavy atom. The summed E-state index contributed by atoms with van der Waals surface area (Å²) < 4.78 is 26.7. The van der Waals surface area contributed by atoms with Crippen molar-refractivity contribution in [3.63, 3.8) is 0 Å². The first-order chi connectivity index (χ1) is 13.3. The van der Waals surface area contributed by atoms with Crippen LogP contribution < -0.4 is 10.0 Å². The summed E-state index contributed by atoms with van der Waals surface area (Å²) in [5, 5.41) is 4.58. The summed E-state index contributed by atoms with van der Waals surface area (Å²) in [6, 6.07) is 10.9. The van der Waals surface area contributed by atoms with Crippen LogP contribution in [0, 0.1) is 0 Å². The zero-order valence-electron chi connectivity index (χ0n) is 13.9. The maximum atomic E-state index is 12.3. The molecule has 0 saturated heterocycles. The van der Waals surface area contributed by atoms with Gasteiger partial charge < -0.3 is 5.32 Å². The Morgan fingerprint density at radius 1 is 1.04 bits per heavy atom. The van der Waals surface area contributed by atoms with E-state index in [9.17, 15) is 18.0 Å². The summed E-state index contributed by atoms with van der Waals surface area (Å²) in [5.41, 5.74) is 0.909. The Labute approximate surface area is 179 Å². The molecule has 11 heteroatoms. The van der Waals surface area contributed by atoms with Crippen molar-refractivity contribution < 1.29 is 18.0 Å². The molecular formula is C17H12Cl2N2O4S3. The molecule has 0 aliphatic heterocycles. The van der Waals surface area contributed by atoms with Crippen LogP contribution in [0.1, 0.15) is 25.6 Å². The van der Waals surface area contributed by atoms with E-state index in [1.165, 1.54) is 29.5 Å². The second-order valence-corrected chi connectivity index (χ2v) is 10.4. The molecule has 2 heterocycles. The topological polar surface area (TPSA) is 92.3 Å². The predicted molar refractivity (Wildman–Crippen MR) is 111 cm³/mol. The summed E-state index contributed by atoms with van der Waals surface area (Å²) in [7, 11) is -4.14. The first-order valence-corrected chi connectivity index (χ1v) is 11.6. The number of rotatable bonds is 6. The number of halogens is 2. The monoisotopic (exact) mass is 474 g/mol. The normalized spacial score (nSPS) is 11.2. The molecule has 0 radical (unpaired) electrons. The zero-order valence-corrected chi connectivity index (χ0v) is 17.9. The van der Waals surface area contributed by atoms with Gasteiger partial charge in [-0.25, -0.2) is 13.1 Å². The standard InChI is InChI=1S/C17H12Cl2N2O4S3/c18-14-8-13(15(19)27-14)28(24,25)21-16(22)11-5-3-10(4-6-11)9-20-17(23)12-2-1-7-26-12/h1-8H,9H2,(H,20,23)(H,21,22). The molecule has 0 spiro atoms. The van der Waals surface area contributed by atoms with Crippen molar-refractivity contribution in [2.24, 2.45) is 0 Å². The number of sulfonamides is 1. The Hall–Kier alpha value is -1.91. The molecule has 2 N–H and O–H groups in total. The lowest BCUT2D eigenvalue weighted by Crippen LogP contribution is -2.30. The molecule has 0 bridgehead atoms. The molecule has 1 aromatic carbocycles. The van der Waals surface area contributed by atoms with E-state index < -0.39 is 15.9 Å². The van der Waals surface area contributed by atoms with Crippen molar-refractivity contribution in [3.05, 3.63) is 72.5 Å². The fourth-order valence-corrected chi connectivity index (χ4v) is 5.96. The molecule has 2 amide bonds. The van der Waals surface area contributed by atoms with E-state index in [1.54, 1.807) is 24.3 Å². The highest BCUT2D eigenvalue weighted by Gasteiger charge is 2.24. The van der Waals surface area contributed by atoms with Gasteiger partial charge in [0.1, 0.15) is 9.23 Å². The molecule has 3 rings (SSSR count). The highest BCUT2D eigenvalue weighted by molar-refractivity contribution is 7.90. The number of carbonyl (C=O) groups is 2. The summed E-state index contributed by atoms with van der Waals surface area (Å²) in [5.74, 6) is -0.984. The van der Waals surface area contributed by atoms with Crippen LogP contribution >= 0.6 is 45.9 Å². The number of thiophene rings is 2. The number of carbonyl (C=O) groups excluding carboxylic acids is 2. The maximum Gasteiger partial charge on any atom is 0.266 e. The molecule has 0 saturated carbocycles. The summed E-state index contributed by atoms with van der Waals surface area (Å²) >= 11 is 13.8. The van der Waals surface area contributed by atoms with Crippen LogP contribution in [0.4, 0.5) is 0 Å². The molecule has 2 aromatic heterocycles. The predicted octanol–water partition coefficient (Wildman–Crippen LogP) is 4.17. The van der Waals surface area contributed by atoms with Gasteiger partial charge in [-0.05, 0) is 35.2 Å². The minimum absolute atomic E-state index is 0.0258. The number of hydrogen-bond acceptors (Lipinski definition) is 6. The average molecular weight is 475 g/mol. The minimum atomic E-state index is -4.14. The number of amides is 2. The van der Waals surface area contributed by atoms with Crippen LogP contribution in [-0.4, -0.2) is 20.2 Å². The molecule has 28 heavy (non-hydrogen) atoms. The molecule has 6 nitrogen and oxygen atoms in total. The molecular weight excluding hydrogens is 463 g/mol. The fourth-order valence-electron chi connectivity index (χ4n) is 2.20. The van der Waals surface area contributed by atoms with E-state index in [1.807, 2.05) is 10.1 Å². The highest BCUT2D eigenvalue weighted by Crippen LogP contribution is 2.34. The second kappa shape index (κ2) is 8.62. The molecule has 0 unspecified atom stereocenters. The lowest BCUT2D eigenvalue weighted by Gasteiger charge is -2.07. The van der Waals surface area contributed by atoms with Crippen molar-refractivity contribution in [2.75, 3.05) is 0 Å². The van der Waals surface area contributed by atoms with E-state index >= 15 is 0 Å². The largest absolute Gasteiger partial charge is 0.347 e. The maximum absolute atomic E-state index is 12.3. The first kappa shape index (κ1) is 20.8. The van der Waals surface area contributed by atoms with Gasteiger partial charge in [0.05, 0.1) is 9.21 Å². The van der Waals surface area contributed by atoms with Crippen molar-refractivity contribution in [3.8, 4) is 0 Å². The average Bonchev–Trinajstić information content (AvgIpc) is 3.29. The van der Waals surface area contributed by atoms with Crippen molar-refractivity contribution in [1.29, 1.82) is 0 Å². The van der Waals surface area contributed by atoms with E-state index in [2.05, 4.69) is 5.32 Å². The van der Waals surface area contributed by atoms with Crippen molar-refractivity contribution in [2.45, 2.75) is 11.4 Å². The van der Waals surface area contributed by atoms with Crippen LogP contribution in [0.3, 0.4) is 0 Å². The van der Waals surface area contributed by atoms with Gasteiger partial charge >= 0.3 is 0 Å². The van der Waals surface area contributed by atoms with Gasteiger partial charge in [-0.3, -0.25) is 9.59 Å². The third-order valence-corrected chi connectivity index (χ3v) is 7.51. The number of hydrogen-bond donors (Lipinski definition) is 2. The molecule has 146 valence electrons. The van der Waals surface area contributed by atoms with Gasteiger partial charge in [0.25, 0.3) is 21.8 Å². The van der Waals surface area contributed by atoms with Crippen LogP contribution in [0.5, 0.6) is 0 Å². The number of nitrogens with one attached hydrogen (secondary N) is 2. The fraction of sp³-hybridized carbons (Fsp3) is 0.0588. The minimum Gasteiger partial charge on any atom is -0.347 e. The summed E-state index contributed by atoms with van der Waals surface area (Å²) in [4.78, 5) is 24.5. The molecule has 0 atom stereocenters. The quantitative estimate of drug-likeness (QED) is 0.560. The van der Waals surface area contributed by atoms with Gasteiger partial charge in [0, 0.05) is 12.1 Å². The van der Waals surface area contributed by atoms with Crippen LogP contribution in [0.2, 0.25) is 8.67 Å². The zero-order chi connectivity index (χ0) is 20.3. The lowest BCUT2D eigenvalue weighted by atomic mass is 10.1. The summed E-state index contributed by atoms with van der Waals surface area (Å²) in [6.45, 7) is 0.278.